The third kappa shape index (κ3) is 7.34. The Kier molecular flexibility index (Phi) is 11.2. The smallest absolute Gasteiger partial charge is 0.335 e. The van der Waals surface area contributed by atoms with Crippen molar-refractivity contribution in [1.82, 2.24) is 5.32 Å². The summed E-state index contributed by atoms with van der Waals surface area (Å²) in [5.41, 5.74) is 0. The Hall–Kier alpha value is -1.75. The second kappa shape index (κ2) is 11.9. The van der Waals surface area contributed by atoms with Crippen molar-refractivity contribution in [2.45, 2.75) is 62.0 Å². The van der Waals surface area contributed by atoms with Crippen molar-refractivity contribution in [2.24, 2.45) is 0 Å². The first-order chi connectivity index (χ1) is 12.9. The van der Waals surface area contributed by atoms with Crippen molar-refractivity contribution in [1.29, 1.82) is 0 Å². The van der Waals surface area contributed by atoms with E-state index in [1.807, 2.05) is 0 Å². The molecule has 1 aliphatic rings. The van der Waals surface area contributed by atoms with E-state index in [9.17, 15) is 29.7 Å². The second-order valence-corrected chi connectivity index (χ2v) is 5.85. The Morgan fingerprint density at radius 2 is 1.61 bits per heavy atom. The van der Waals surface area contributed by atoms with Gasteiger partial charge in [-0.2, -0.15) is 0 Å². The minimum Gasteiger partial charge on any atom is -0.479 e. The summed E-state index contributed by atoms with van der Waals surface area (Å²) >= 11 is 0. The highest BCUT2D eigenvalue weighted by atomic mass is 16.6. The van der Waals surface area contributed by atoms with E-state index in [0.717, 1.165) is 0 Å². The zero-order valence-electron chi connectivity index (χ0n) is 14.6. The van der Waals surface area contributed by atoms with E-state index < -0.39 is 73.5 Å². The van der Waals surface area contributed by atoms with E-state index in [2.05, 4.69) is 5.32 Å². The third-order valence-electron chi connectivity index (χ3n) is 3.69. The molecule has 1 unspecified atom stereocenters. The predicted molar refractivity (Wildman–Crippen MR) is 85.3 cm³/mol. The molecule has 164 valence electrons. The molecular formula is C14H25NO13. The lowest BCUT2D eigenvalue weighted by atomic mass is 9.97. The zero-order valence-corrected chi connectivity index (χ0v) is 14.6. The van der Waals surface area contributed by atoms with Crippen molar-refractivity contribution < 1.29 is 65.1 Å². The Morgan fingerprint density at radius 3 is 2.00 bits per heavy atom. The van der Waals surface area contributed by atoms with Gasteiger partial charge in [-0.05, 0) is 0 Å². The molecule has 0 bridgehead atoms. The van der Waals surface area contributed by atoms with Crippen LogP contribution in [0.2, 0.25) is 0 Å². The molecule has 1 aliphatic heterocycles. The first-order valence-corrected chi connectivity index (χ1v) is 7.86. The third-order valence-corrected chi connectivity index (χ3v) is 3.69. The number of hydrogen-bond acceptors (Lipinski definition) is 12. The monoisotopic (exact) mass is 415 g/mol. The maximum absolute atomic E-state index is 10.7. The molecule has 0 aliphatic carbocycles. The van der Waals surface area contributed by atoms with Crippen molar-refractivity contribution in [3.05, 3.63) is 0 Å². The molecule has 0 aromatic rings. The molecule has 0 radical (unpaired) electrons. The summed E-state index contributed by atoms with van der Waals surface area (Å²) in [5, 5.41) is 82.6. The first kappa shape index (κ1) is 26.2. The molecule has 1 rings (SSSR count). The molecule has 14 heteroatoms. The minimum absolute atomic E-state index is 0.0809. The zero-order chi connectivity index (χ0) is 22.2. The predicted octanol–water partition coefficient (Wildman–Crippen LogP) is -6.36. The van der Waals surface area contributed by atoms with Crippen LogP contribution in [-0.2, 0) is 19.1 Å². The number of aliphatic carboxylic acids is 1. The van der Waals surface area contributed by atoms with Gasteiger partial charge in [0.2, 0.25) is 5.91 Å². The van der Waals surface area contributed by atoms with E-state index in [1.54, 1.807) is 0 Å². The number of ether oxygens (including phenoxy) is 1. The molecular weight excluding hydrogens is 390 g/mol. The summed E-state index contributed by atoms with van der Waals surface area (Å²) in [6, 6.07) is -1.10. The highest BCUT2D eigenvalue weighted by Crippen LogP contribution is 2.19. The molecule has 0 aromatic carbocycles. The van der Waals surface area contributed by atoms with Crippen LogP contribution >= 0.6 is 0 Å². The highest BCUT2D eigenvalue weighted by Gasteiger charge is 2.43. The molecule has 0 aromatic heterocycles. The van der Waals surface area contributed by atoms with E-state index in [-0.39, 0.29) is 6.29 Å². The van der Waals surface area contributed by atoms with Crippen LogP contribution < -0.4 is 5.32 Å². The van der Waals surface area contributed by atoms with Gasteiger partial charge in [0.05, 0.1) is 6.61 Å². The molecule has 28 heavy (non-hydrogen) atoms. The van der Waals surface area contributed by atoms with Gasteiger partial charge in [-0.3, -0.25) is 4.79 Å². The minimum atomic E-state index is -2.25. The van der Waals surface area contributed by atoms with E-state index in [1.165, 1.54) is 6.92 Å². The number of carboxylic acid groups (broad SMARTS) is 1. The maximum Gasteiger partial charge on any atom is 0.335 e. The van der Waals surface area contributed by atoms with Crippen LogP contribution in [0.5, 0.6) is 0 Å². The molecule has 1 saturated heterocycles. The van der Waals surface area contributed by atoms with Gasteiger partial charge < -0.3 is 60.8 Å². The van der Waals surface area contributed by atoms with Gasteiger partial charge in [-0.25, -0.2) is 4.79 Å². The average molecular weight is 415 g/mol. The van der Waals surface area contributed by atoms with Crippen molar-refractivity contribution in [2.75, 3.05) is 6.61 Å². The quantitative estimate of drug-likeness (QED) is 0.174. The van der Waals surface area contributed by atoms with Crippen LogP contribution in [0.1, 0.15) is 6.92 Å². The maximum atomic E-state index is 10.7. The number of aldehydes is 1. The van der Waals surface area contributed by atoms with Gasteiger partial charge in [0.15, 0.2) is 18.7 Å². The van der Waals surface area contributed by atoms with Crippen molar-refractivity contribution in [3.8, 4) is 0 Å². The lowest BCUT2D eigenvalue weighted by Gasteiger charge is -2.40. The summed E-state index contributed by atoms with van der Waals surface area (Å²) in [4.78, 5) is 30.7. The Balaban J connectivity index is 0.000000528. The van der Waals surface area contributed by atoms with Crippen LogP contribution in [-0.4, -0.2) is 126 Å². The van der Waals surface area contributed by atoms with Crippen molar-refractivity contribution in [3.63, 3.8) is 0 Å². The molecule has 9 atom stereocenters. The molecule has 14 nitrogen and oxygen atoms in total. The summed E-state index contributed by atoms with van der Waals surface area (Å²) in [6.07, 6.45) is -13.6. The second-order valence-electron chi connectivity index (χ2n) is 5.85. The number of nitrogens with one attached hydrogen (secondary N) is 1. The Morgan fingerprint density at radius 1 is 1.07 bits per heavy atom. The summed E-state index contributed by atoms with van der Waals surface area (Å²) in [5.74, 6) is -2.22. The van der Waals surface area contributed by atoms with Gasteiger partial charge in [0.1, 0.15) is 42.7 Å². The summed E-state index contributed by atoms with van der Waals surface area (Å²) < 4.78 is 4.81. The van der Waals surface area contributed by atoms with E-state index >= 15 is 0 Å². The van der Waals surface area contributed by atoms with Gasteiger partial charge >= 0.3 is 5.97 Å². The van der Waals surface area contributed by atoms with Gasteiger partial charge in [0, 0.05) is 6.92 Å². The fraction of sp³-hybridized carbons (Fsp3) is 0.786. The topological polar surface area (TPSA) is 255 Å². The molecule has 10 N–H and O–H groups in total. The number of hydrogen-bond donors (Lipinski definition) is 10. The fourth-order valence-corrected chi connectivity index (χ4v) is 2.10. The average Bonchev–Trinajstić information content (AvgIpc) is 2.65. The van der Waals surface area contributed by atoms with Crippen LogP contribution in [0.25, 0.3) is 0 Å². The van der Waals surface area contributed by atoms with Crippen LogP contribution in [0.15, 0.2) is 0 Å². The molecule has 1 fully saturated rings. The standard InChI is InChI=1S/C8H15NO6.C6H10O7/c1-3(11)9-5-7(13)6(12)4(2-10)15-8(5)14;7-1-2(8)3(9)4(10)5(11)6(12)13/h4-8,10,12-14H,2H2,1H3,(H,9,11);1-5,8-11H,(H,12,13)/t4-,5-,6+,7-,8?;2-,3+,4-,5+/m10/s1. The SMILES string of the molecule is CC(=O)N[C@H]1C(O)O[C@H](CO)[C@H](O)[C@@H]1O.O=C[C@H](O)[C@@H](O)[C@H](O)[C@@H](O)C(=O)O. The molecule has 0 saturated carbocycles. The highest BCUT2D eigenvalue weighted by molar-refractivity contribution is 5.73. The van der Waals surface area contributed by atoms with Crippen LogP contribution in [0.4, 0.5) is 0 Å². The normalized spacial score (nSPS) is 31.4. The van der Waals surface area contributed by atoms with Gasteiger partial charge in [0.25, 0.3) is 0 Å². The molecule has 0 spiro atoms. The number of aliphatic hydroxyl groups is 8. The number of amides is 1. The largest absolute Gasteiger partial charge is 0.479 e. The lowest BCUT2D eigenvalue weighted by Crippen LogP contribution is -2.63. The Bertz CT molecular complexity index is 517. The van der Waals surface area contributed by atoms with Crippen LogP contribution in [0.3, 0.4) is 0 Å². The first-order valence-electron chi connectivity index (χ1n) is 7.86. The van der Waals surface area contributed by atoms with E-state index in [0.29, 0.717) is 0 Å². The van der Waals surface area contributed by atoms with Gasteiger partial charge in [-0.15, -0.1) is 0 Å². The summed E-state index contributed by atoms with van der Waals surface area (Å²) in [6.45, 7) is 0.687. The van der Waals surface area contributed by atoms with E-state index in [4.69, 9.17) is 35.4 Å². The number of rotatable bonds is 7. The number of carbonyl (C=O) groups excluding carboxylic acids is 2. The molecule has 1 heterocycles. The van der Waals surface area contributed by atoms with Crippen LogP contribution in [0, 0.1) is 0 Å². The van der Waals surface area contributed by atoms with Crippen molar-refractivity contribution >= 4 is 18.2 Å². The van der Waals surface area contributed by atoms with Gasteiger partial charge in [-0.1, -0.05) is 0 Å². The summed E-state index contributed by atoms with van der Waals surface area (Å²) in [7, 11) is 0. The fourth-order valence-electron chi connectivity index (χ4n) is 2.10. The lowest BCUT2D eigenvalue weighted by molar-refractivity contribution is -0.253. The Labute approximate surface area is 158 Å². The number of aliphatic hydroxyl groups excluding tert-OH is 8. The molecule has 1 amide bonds. The number of carboxylic acids is 1. The number of carbonyl (C=O) groups is 3.